The van der Waals surface area contributed by atoms with E-state index in [9.17, 15) is 9.59 Å². The van der Waals surface area contributed by atoms with Gasteiger partial charge < -0.3 is 29.2 Å². The molecule has 0 aliphatic carbocycles. The van der Waals surface area contributed by atoms with Crippen molar-refractivity contribution in [3.63, 3.8) is 0 Å². The molecule has 0 saturated carbocycles. The van der Waals surface area contributed by atoms with Gasteiger partial charge in [0, 0.05) is 47.1 Å². The van der Waals surface area contributed by atoms with E-state index in [2.05, 4.69) is 31.8 Å². The van der Waals surface area contributed by atoms with E-state index in [0.29, 0.717) is 36.0 Å². The monoisotopic (exact) mass is 766 g/mol. The summed E-state index contributed by atoms with van der Waals surface area (Å²) in [5.41, 5.74) is 7.24. The molecule has 2 aliphatic heterocycles. The Bertz CT molecular complexity index is 2800. The summed E-state index contributed by atoms with van der Waals surface area (Å²) in [6.45, 7) is 1.26. The largest absolute Gasteiger partial charge is 0.497 e. The standard InChI is InChI=1S/C46H38N8O4/c1-57-31-15-11-29-13-19-35(47-37(29)25-31)45(55)53-21-3-5-41(53)43-49-33-17-9-27(23-39(33)51-43)7-8-28-10-18-34-40(24-28)52-44(50-34)42-6-4-22-54(42)46(56)36-20-14-30-12-16-32(58-2)26-38(30)48-36/h9-20,23-26,41-42H,3-6,21-22H2,1-2H3,(H,49,51)(H,50,52)/t41-,42-/m0/s1. The summed E-state index contributed by atoms with van der Waals surface area (Å²) >= 11 is 0. The van der Waals surface area contributed by atoms with E-state index in [-0.39, 0.29) is 23.9 Å². The zero-order valence-electron chi connectivity index (χ0n) is 32.0. The summed E-state index contributed by atoms with van der Waals surface area (Å²) < 4.78 is 10.7. The maximum Gasteiger partial charge on any atom is 0.273 e. The lowest BCUT2D eigenvalue weighted by molar-refractivity contribution is 0.0718. The number of amides is 2. The number of aromatic nitrogens is 6. The molecule has 58 heavy (non-hydrogen) atoms. The van der Waals surface area contributed by atoms with E-state index >= 15 is 0 Å². The molecule has 12 heteroatoms. The number of carbonyl (C=O) groups excluding carboxylic acids is 2. The first-order valence-corrected chi connectivity index (χ1v) is 19.4. The van der Waals surface area contributed by atoms with Crippen molar-refractivity contribution in [3.05, 3.63) is 131 Å². The number of nitrogens with zero attached hydrogens (tertiary/aromatic N) is 6. The van der Waals surface area contributed by atoms with Crippen LogP contribution in [-0.2, 0) is 0 Å². The van der Waals surface area contributed by atoms with Gasteiger partial charge in [-0.15, -0.1) is 0 Å². The molecule has 0 radical (unpaired) electrons. The van der Waals surface area contributed by atoms with Crippen LogP contribution in [0.2, 0.25) is 0 Å². The van der Waals surface area contributed by atoms with Crippen LogP contribution in [0, 0.1) is 11.8 Å². The summed E-state index contributed by atoms with van der Waals surface area (Å²) in [6.07, 6.45) is 3.38. The van der Waals surface area contributed by atoms with Crippen LogP contribution in [0.25, 0.3) is 43.9 Å². The van der Waals surface area contributed by atoms with Crippen molar-refractivity contribution in [1.82, 2.24) is 39.7 Å². The second-order valence-corrected chi connectivity index (χ2v) is 14.8. The van der Waals surface area contributed by atoms with Gasteiger partial charge in [-0.3, -0.25) is 9.59 Å². The Balaban J connectivity index is 0.854. The number of methoxy groups -OCH3 is 2. The van der Waals surface area contributed by atoms with Crippen LogP contribution in [0.4, 0.5) is 0 Å². The molecule has 2 N–H and O–H groups in total. The second-order valence-electron chi connectivity index (χ2n) is 14.8. The van der Waals surface area contributed by atoms with E-state index in [0.717, 1.165) is 92.3 Å². The van der Waals surface area contributed by atoms with E-state index < -0.39 is 0 Å². The van der Waals surface area contributed by atoms with Gasteiger partial charge in [-0.05, 0) is 98.5 Å². The minimum Gasteiger partial charge on any atom is -0.497 e. The van der Waals surface area contributed by atoms with Crippen molar-refractivity contribution in [2.75, 3.05) is 27.3 Å². The normalized spacial score (nSPS) is 16.7. The van der Waals surface area contributed by atoms with Crippen LogP contribution in [-0.4, -0.2) is 78.8 Å². The number of benzene rings is 4. The molecule has 12 nitrogen and oxygen atoms in total. The first kappa shape index (κ1) is 35.2. The summed E-state index contributed by atoms with van der Waals surface area (Å²) in [6, 6.07) is 30.2. The van der Waals surface area contributed by atoms with Gasteiger partial charge in [0.15, 0.2) is 0 Å². The Morgan fingerprint density at radius 2 is 1.02 bits per heavy atom. The van der Waals surface area contributed by atoms with Crippen molar-refractivity contribution in [2.24, 2.45) is 0 Å². The second kappa shape index (κ2) is 14.4. The molecule has 2 amide bonds. The number of nitrogens with one attached hydrogen (secondary N) is 2. The van der Waals surface area contributed by atoms with Crippen LogP contribution < -0.4 is 9.47 Å². The van der Waals surface area contributed by atoms with Crippen LogP contribution in [0.3, 0.4) is 0 Å². The third kappa shape index (κ3) is 6.40. The SMILES string of the molecule is COc1ccc2ccc(C(=O)N3CCC[C@H]3c3nc4cc(C#Cc5ccc6[nH]c([C@@H]7CCCN7C(=O)c7ccc8ccc(OC)cc8n7)nc6c5)ccc4[nH]3)nc2c1. The maximum atomic E-state index is 13.8. The molecule has 2 aliphatic rings. The molecule has 10 rings (SSSR count). The van der Waals surface area contributed by atoms with Crippen molar-refractivity contribution < 1.29 is 19.1 Å². The summed E-state index contributed by atoms with van der Waals surface area (Å²) in [7, 11) is 3.23. The molecule has 8 aromatic rings. The number of hydrogen-bond acceptors (Lipinski definition) is 8. The lowest BCUT2D eigenvalue weighted by Crippen LogP contribution is -2.31. The quantitative estimate of drug-likeness (QED) is 0.163. The highest BCUT2D eigenvalue weighted by Gasteiger charge is 2.35. The van der Waals surface area contributed by atoms with Crippen molar-refractivity contribution in [3.8, 4) is 23.3 Å². The molecular formula is C46H38N8O4. The van der Waals surface area contributed by atoms with Gasteiger partial charge in [0.1, 0.15) is 34.5 Å². The lowest BCUT2D eigenvalue weighted by Gasteiger charge is -2.23. The van der Waals surface area contributed by atoms with Gasteiger partial charge in [0.05, 0.1) is 59.4 Å². The number of aromatic amines is 2. The molecule has 286 valence electrons. The molecule has 0 unspecified atom stereocenters. The van der Waals surface area contributed by atoms with Gasteiger partial charge in [-0.2, -0.15) is 0 Å². The molecule has 4 aromatic carbocycles. The average Bonchev–Trinajstić information content (AvgIpc) is 4.10. The van der Waals surface area contributed by atoms with Crippen molar-refractivity contribution in [2.45, 2.75) is 37.8 Å². The molecule has 0 bridgehead atoms. The Morgan fingerprint density at radius 3 is 1.47 bits per heavy atom. The number of imidazole rings is 2. The summed E-state index contributed by atoms with van der Waals surface area (Å²) in [5.74, 6) is 9.27. The molecule has 6 heterocycles. The number of H-pyrrole nitrogens is 2. The number of fused-ring (bicyclic) bond motifs is 4. The highest BCUT2D eigenvalue weighted by Crippen LogP contribution is 2.35. The minimum absolute atomic E-state index is 0.116. The van der Waals surface area contributed by atoms with Crippen molar-refractivity contribution >= 4 is 55.7 Å². The summed E-state index contributed by atoms with van der Waals surface area (Å²) in [5, 5.41) is 1.89. The van der Waals surface area contributed by atoms with Crippen molar-refractivity contribution in [1.29, 1.82) is 0 Å². The number of carbonyl (C=O) groups is 2. The fourth-order valence-corrected chi connectivity index (χ4v) is 8.24. The van der Waals surface area contributed by atoms with E-state index in [1.807, 2.05) is 94.7 Å². The molecule has 4 aromatic heterocycles. The Morgan fingerprint density at radius 1 is 0.569 bits per heavy atom. The predicted octanol–water partition coefficient (Wildman–Crippen LogP) is 7.91. The predicted molar refractivity (Wildman–Crippen MR) is 221 cm³/mol. The highest BCUT2D eigenvalue weighted by molar-refractivity contribution is 5.96. The number of likely N-dealkylation sites (tertiary alicyclic amines) is 2. The van der Waals surface area contributed by atoms with E-state index in [1.54, 1.807) is 26.4 Å². The van der Waals surface area contributed by atoms with Gasteiger partial charge in [0.25, 0.3) is 11.8 Å². The fourth-order valence-electron chi connectivity index (χ4n) is 8.24. The third-order valence-corrected chi connectivity index (χ3v) is 11.2. The number of ether oxygens (including phenoxy) is 2. The van der Waals surface area contributed by atoms with E-state index in [4.69, 9.17) is 19.4 Å². The van der Waals surface area contributed by atoms with Crippen LogP contribution >= 0.6 is 0 Å². The first-order chi connectivity index (χ1) is 28.4. The molecule has 2 saturated heterocycles. The van der Waals surface area contributed by atoms with Crippen LogP contribution in [0.1, 0.15) is 81.5 Å². The minimum atomic E-state index is -0.183. The maximum absolute atomic E-state index is 13.8. The zero-order chi connectivity index (χ0) is 39.3. The fraction of sp³-hybridized carbons (Fsp3) is 0.217. The highest BCUT2D eigenvalue weighted by atomic mass is 16.5. The number of rotatable bonds is 6. The average molecular weight is 767 g/mol. The molecule has 0 spiro atoms. The van der Waals surface area contributed by atoms with Gasteiger partial charge in [-0.1, -0.05) is 24.0 Å². The smallest absolute Gasteiger partial charge is 0.273 e. The van der Waals surface area contributed by atoms with Gasteiger partial charge in [0.2, 0.25) is 0 Å². The summed E-state index contributed by atoms with van der Waals surface area (Å²) in [4.78, 5) is 57.4. The Hall–Kier alpha value is -7.26. The Kier molecular flexibility index (Phi) is 8.70. The van der Waals surface area contributed by atoms with Crippen LogP contribution in [0.15, 0.2) is 97.1 Å². The van der Waals surface area contributed by atoms with E-state index in [1.165, 1.54) is 0 Å². The third-order valence-electron chi connectivity index (χ3n) is 11.2. The molecule has 2 fully saturated rings. The number of hydrogen-bond donors (Lipinski definition) is 2. The van der Waals surface area contributed by atoms with Gasteiger partial charge in [-0.25, -0.2) is 19.9 Å². The Labute approximate surface area is 333 Å². The lowest BCUT2D eigenvalue weighted by atomic mass is 10.1. The molecule has 2 atom stereocenters. The zero-order valence-corrected chi connectivity index (χ0v) is 32.0. The number of pyridine rings is 2. The molecular weight excluding hydrogens is 729 g/mol. The first-order valence-electron chi connectivity index (χ1n) is 19.4. The van der Waals surface area contributed by atoms with Gasteiger partial charge >= 0.3 is 0 Å². The van der Waals surface area contributed by atoms with Crippen LogP contribution in [0.5, 0.6) is 11.5 Å². The topological polar surface area (TPSA) is 142 Å².